The summed E-state index contributed by atoms with van der Waals surface area (Å²) in [6, 6.07) is 8.27. The van der Waals surface area contributed by atoms with Crippen molar-refractivity contribution in [1.82, 2.24) is 0 Å². The maximum absolute atomic E-state index is 12.5. The van der Waals surface area contributed by atoms with E-state index in [1.165, 1.54) is 18.2 Å². The number of aliphatic hydroxyl groups excluding tert-OH is 4. The summed E-state index contributed by atoms with van der Waals surface area (Å²) in [5.41, 5.74) is 0.384. The topological polar surface area (TPSA) is 177 Å². The van der Waals surface area contributed by atoms with Gasteiger partial charge in [0.25, 0.3) is 0 Å². The van der Waals surface area contributed by atoms with Crippen molar-refractivity contribution < 1.29 is 50.0 Å². The number of allylic oxidation sites excluding steroid dienone is 1. The van der Waals surface area contributed by atoms with Gasteiger partial charge in [0.05, 0.1) is 12.2 Å². The van der Waals surface area contributed by atoms with Crippen molar-refractivity contribution in [2.75, 3.05) is 6.61 Å². The van der Waals surface area contributed by atoms with Gasteiger partial charge in [-0.05, 0) is 35.9 Å². The van der Waals surface area contributed by atoms with Gasteiger partial charge in [-0.15, -0.1) is 0 Å². The lowest BCUT2D eigenvalue weighted by Gasteiger charge is -2.39. The van der Waals surface area contributed by atoms with Crippen LogP contribution in [-0.4, -0.2) is 78.8 Å². The number of aliphatic hydroxyl groups is 4. The Kier molecular flexibility index (Phi) is 6.78. The highest BCUT2D eigenvalue weighted by atomic mass is 16.7. The van der Waals surface area contributed by atoms with Crippen LogP contribution < -0.4 is 4.74 Å². The monoisotopic (exact) mass is 434 g/mol. The van der Waals surface area contributed by atoms with E-state index in [-0.39, 0.29) is 11.3 Å². The highest BCUT2D eigenvalue weighted by Gasteiger charge is 2.45. The molecule has 0 unspecified atom stereocenters. The van der Waals surface area contributed by atoms with Crippen molar-refractivity contribution >= 4 is 11.9 Å². The molecule has 7 N–H and O–H groups in total. The van der Waals surface area contributed by atoms with Crippen LogP contribution in [0.25, 0.3) is 6.08 Å². The maximum Gasteiger partial charge on any atom is 0.229 e. The molecule has 2 aromatic carbocycles. The van der Waals surface area contributed by atoms with Gasteiger partial charge in [-0.3, -0.25) is 4.79 Å². The van der Waals surface area contributed by atoms with Gasteiger partial charge in [-0.25, -0.2) is 0 Å². The molecule has 0 aliphatic carbocycles. The number of aromatic hydroxyl groups is 3. The standard InChI is InChI=1S/C21H22O10/c22-9-15-17(27)18(28)19(29)21(30-15)31-20-14(25)8-6-12(16(20)26)13(24)7-3-10-1-4-11(23)5-2-10/h1-8,15,17-19,21-23,25-29H,9H2/t15-,17-,18+,19-,21+/m1/s1. The van der Waals surface area contributed by atoms with Crippen LogP contribution in [-0.2, 0) is 4.74 Å². The molecule has 0 bridgehead atoms. The molecule has 10 heteroatoms. The molecule has 0 amide bonds. The molecule has 31 heavy (non-hydrogen) atoms. The van der Waals surface area contributed by atoms with Gasteiger partial charge in [0.15, 0.2) is 17.3 Å². The lowest BCUT2D eigenvalue weighted by Crippen LogP contribution is -2.60. The Morgan fingerprint density at radius 2 is 1.65 bits per heavy atom. The third-order valence-corrected chi connectivity index (χ3v) is 4.78. The summed E-state index contributed by atoms with van der Waals surface area (Å²) in [6.45, 7) is -0.691. The number of ketones is 1. The summed E-state index contributed by atoms with van der Waals surface area (Å²) < 4.78 is 10.5. The third kappa shape index (κ3) is 4.79. The van der Waals surface area contributed by atoms with E-state index in [9.17, 15) is 40.5 Å². The van der Waals surface area contributed by atoms with Gasteiger partial charge >= 0.3 is 0 Å². The van der Waals surface area contributed by atoms with Crippen LogP contribution in [0.5, 0.6) is 23.0 Å². The third-order valence-electron chi connectivity index (χ3n) is 4.78. The van der Waals surface area contributed by atoms with Crippen LogP contribution in [0.15, 0.2) is 42.5 Å². The number of phenolic OH excluding ortho intramolecular Hbond substituents is 3. The SMILES string of the molecule is O=C(C=Cc1ccc(O)cc1)c1ccc(O)c(O[C@@H]2O[C@H](CO)[C@@H](O)[C@H](O)[C@H]2O)c1O. The highest BCUT2D eigenvalue weighted by Crippen LogP contribution is 2.40. The Balaban J connectivity index is 1.83. The zero-order chi connectivity index (χ0) is 22.7. The first-order chi connectivity index (χ1) is 14.7. The molecule has 5 atom stereocenters. The predicted octanol–water partition coefficient (Wildman–Crippen LogP) is -0.122. The first kappa shape index (κ1) is 22.5. The van der Waals surface area contributed by atoms with E-state index in [0.29, 0.717) is 5.56 Å². The van der Waals surface area contributed by atoms with Crippen LogP contribution >= 0.6 is 0 Å². The minimum absolute atomic E-state index is 0.0645. The van der Waals surface area contributed by atoms with Crippen LogP contribution in [0, 0.1) is 0 Å². The number of carbonyl (C=O) groups is 1. The lowest BCUT2D eigenvalue weighted by atomic mass is 9.99. The Bertz CT molecular complexity index is 953. The number of ether oxygens (including phenoxy) is 2. The van der Waals surface area contributed by atoms with E-state index in [2.05, 4.69) is 0 Å². The predicted molar refractivity (Wildman–Crippen MR) is 106 cm³/mol. The fourth-order valence-electron chi connectivity index (χ4n) is 3.00. The van der Waals surface area contributed by atoms with E-state index in [4.69, 9.17) is 9.47 Å². The molecule has 1 heterocycles. The second-order valence-electron chi connectivity index (χ2n) is 6.91. The maximum atomic E-state index is 12.5. The molecule has 1 aliphatic rings. The first-order valence-electron chi connectivity index (χ1n) is 9.26. The molecular weight excluding hydrogens is 412 g/mol. The van der Waals surface area contributed by atoms with Gasteiger partial charge in [0.2, 0.25) is 12.0 Å². The fourth-order valence-corrected chi connectivity index (χ4v) is 3.00. The number of hydrogen-bond donors (Lipinski definition) is 7. The molecule has 0 spiro atoms. The Hall–Kier alpha value is -3.15. The van der Waals surface area contributed by atoms with Crippen LogP contribution in [0.4, 0.5) is 0 Å². The number of benzene rings is 2. The first-order valence-corrected chi connectivity index (χ1v) is 9.26. The number of rotatable bonds is 6. The average molecular weight is 434 g/mol. The summed E-state index contributed by atoms with van der Waals surface area (Å²) >= 11 is 0. The minimum Gasteiger partial charge on any atom is -0.508 e. The van der Waals surface area contributed by atoms with E-state index in [1.54, 1.807) is 12.1 Å². The molecule has 0 radical (unpaired) electrons. The smallest absolute Gasteiger partial charge is 0.229 e. The molecular formula is C21H22O10. The molecule has 10 nitrogen and oxygen atoms in total. The summed E-state index contributed by atoms with van der Waals surface area (Å²) in [5, 5.41) is 68.8. The van der Waals surface area contributed by atoms with Crippen LogP contribution in [0.3, 0.4) is 0 Å². The fraction of sp³-hybridized carbons (Fsp3) is 0.286. The number of carbonyl (C=O) groups excluding carboxylic acids is 1. The van der Waals surface area contributed by atoms with E-state index >= 15 is 0 Å². The van der Waals surface area contributed by atoms with Gasteiger partial charge in [0, 0.05) is 0 Å². The second-order valence-corrected chi connectivity index (χ2v) is 6.91. The Morgan fingerprint density at radius 3 is 2.29 bits per heavy atom. The molecule has 3 rings (SSSR count). The van der Waals surface area contributed by atoms with Crippen molar-refractivity contribution in [1.29, 1.82) is 0 Å². The van der Waals surface area contributed by atoms with Crippen molar-refractivity contribution in [2.45, 2.75) is 30.7 Å². The molecule has 0 aromatic heterocycles. The Labute approximate surface area is 176 Å². The summed E-state index contributed by atoms with van der Waals surface area (Å²) in [6.07, 6.45) is -5.41. The normalized spacial score (nSPS) is 26.1. The van der Waals surface area contributed by atoms with Crippen LogP contribution in [0.1, 0.15) is 15.9 Å². The highest BCUT2D eigenvalue weighted by molar-refractivity contribution is 6.09. The average Bonchev–Trinajstić information content (AvgIpc) is 2.76. The zero-order valence-electron chi connectivity index (χ0n) is 16.1. The molecule has 1 saturated heterocycles. The van der Waals surface area contributed by atoms with Gasteiger partial charge in [-0.2, -0.15) is 0 Å². The van der Waals surface area contributed by atoms with E-state index in [1.807, 2.05) is 0 Å². The summed E-state index contributed by atoms with van der Waals surface area (Å²) in [4.78, 5) is 12.5. The zero-order valence-corrected chi connectivity index (χ0v) is 16.1. The molecule has 166 valence electrons. The Morgan fingerprint density at radius 1 is 0.968 bits per heavy atom. The molecule has 0 saturated carbocycles. The summed E-state index contributed by atoms with van der Waals surface area (Å²) in [5.74, 6) is -2.47. The number of phenols is 3. The lowest BCUT2D eigenvalue weighted by molar-refractivity contribution is -0.277. The van der Waals surface area contributed by atoms with E-state index < -0.39 is 60.3 Å². The number of hydrogen-bond acceptors (Lipinski definition) is 10. The molecule has 1 aliphatic heterocycles. The van der Waals surface area contributed by atoms with Gasteiger partial charge in [-0.1, -0.05) is 18.2 Å². The van der Waals surface area contributed by atoms with E-state index in [0.717, 1.165) is 18.2 Å². The van der Waals surface area contributed by atoms with Gasteiger partial charge in [0.1, 0.15) is 30.2 Å². The van der Waals surface area contributed by atoms with Crippen molar-refractivity contribution in [2.24, 2.45) is 0 Å². The quantitative estimate of drug-likeness (QED) is 0.239. The summed E-state index contributed by atoms with van der Waals surface area (Å²) in [7, 11) is 0. The van der Waals surface area contributed by atoms with Crippen molar-refractivity contribution in [3.63, 3.8) is 0 Å². The molecule has 2 aromatic rings. The van der Waals surface area contributed by atoms with Crippen molar-refractivity contribution in [3.8, 4) is 23.0 Å². The van der Waals surface area contributed by atoms with Crippen LogP contribution in [0.2, 0.25) is 0 Å². The van der Waals surface area contributed by atoms with Gasteiger partial charge < -0.3 is 45.2 Å². The minimum atomic E-state index is -1.77. The second kappa shape index (κ2) is 9.33. The van der Waals surface area contributed by atoms with Crippen molar-refractivity contribution in [3.05, 3.63) is 53.6 Å². The largest absolute Gasteiger partial charge is 0.508 e. The molecule has 1 fully saturated rings.